The minimum atomic E-state index is 0.826. The fraction of sp³-hybridized carbons (Fsp3) is 0.591. The second kappa shape index (κ2) is 7.28. The summed E-state index contributed by atoms with van der Waals surface area (Å²) >= 11 is 0. The second-order valence-electron chi connectivity index (χ2n) is 8.37. The maximum atomic E-state index is 5.65. The molecule has 1 aromatic carbocycles. The van der Waals surface area contributed by atoms with Crippen molar-refractivity contribution >= 4 is 0 Å². The highest BCUT2D eigenvalue weighted by molar-refractivity contribution is 5.59. The Labute approximate surface area is 161 Å². The molecule has 2 saturated heterocycles. The van der Waals surface area contributed by atoms with Crippen molar-refractivity contribution in [3.8, 4) is 17.0 Å². The number of aromatic nitrogens is 1. The standard InChI is InChI=1S/C22H29N3O2/c1-26-19-8-4-16(5-9-19)21-13-20(27-23-21)15-24-12-10-22-17(14-24)3-2-11-25(22)18-6-7-18/h4-5,8-9,13,17-18,22H,2-3,6-7,10-12,14-15H2,1H3. The molecule has 27 heavy (non-hydrogen) atoms. The minimum Gasteiger partial charge on any atom is -0.497 e. The van der Waals surface area contributed by atoms with Crippen LogP contribution in [0.3, 0.4) is 0 Å². The second-order valence-corrected chi connectivity index (χ2v) is 8.37. The fourth-order valence-corrected chi connectivity index (χ4v) is 5.03. The smallest absolute Gasteiger partial charge is 0.151 e. The number of piperidine rings is 2. The van der Waals surface area contributed by atoms with Crippen molar-refractivity contribution in [2.24, 2.45) is 5.92 Å². The molecular formula is C22H29N3O2. The van der Waals surface area contributed by atoms with Crippen LogP contribution in [0.5, 0.6) is 5.75 Å². The SMILES string of the molecule is COc1ccc(-c2cc(CN3CCC4C(CCCN4C4CC4)C3)on2)cc1. The third-order valence-corrected chi connectivity index (χ3v) is 6.54. The predicted molar refractivity (Wildman–Crippen MR) is 105 cm³/mol. The molecule has 2 aromatic rings. The molecule has 3 aliphatic rings. The van der Waals surface area contributed by atoms with Gasteiger partial charge in [0, 0.05) is 36.8 Å². The van der Waals surface area contributed by atoms with E-state index < -0.39 is 0 Å². The van der Waals surface area contributed by atoms with Gasteiger partial charge < -0.3 is 9.26 Å². The van der Waals surface area contributed by atoms with Crippen LogP contribution in [0.2, 0.25) is 0 Å². The van der Waals surface area contributed by atoms with Crippen LogP contribution in [-0.4, -0.2) is 53.8 Å². The zero-order valence-electron chi connectivity index (χ0n) is 16.1. The van der Waals surface area contributed by atoms with Crippen molar-refractivity contribution in [3.05, 3.63) is 36.1 Å². The Morgan fingerprint density at radius 2 is 1.96 bits per heavy atom. The van der Waals surface area contributed by atoms with Gasteiger partial charge in [0.1, 0.15) is 11.4 Å². The number of hydrogen-bond acceptors (Lipinski definition) is 5. The number of ether oxygens (including phenoxy) is 1. The van der Waals surface area contributed by atoms with Gasteiger partial charge in [-0.25, -0.2) is 0 Å². The van der Waals surface area contributed by atoms with E-state index in [1.807, 2.05) is 24.3 Å². The average Bonchev–Trinajstić information content (AvgIpc) is 3.46. The first-order chi connectivity index (χ1) is 13.3. The number of fused-ring (bicyclic) bond motifs is 1. The molecule has 0 radical (unpaired) electrons. The molecule has 0 N–H and O–H groups in total. The van der Waals surface area contributed by atoms with Gasteiger partial charge in [0.05, 0.1) is 13.7 Å². The lowest BCUT2D eigenvalue weighted by Gasteiger charge is -2.47. The molecule has 3 heterocycles. The maximum Gasteiger partial charge on any atom is 0.151 e. The zero-order chi connectivity index (χ0) is 18.2. The van der Waals surface area contributed by atoms with Gasteiger partial charge in [-0.1, -0.05) is 5.16 Å². The molecule has 2 atom stereocenters. The molecule has 3 fully saturated rings. The fourth-order valence-electron chi connectivity index (χ4n) is 5.03. The number of likely N-dealkylation sites (tertiary alicyclic amines) is 2. The van der Waals surface area contributed by atoms with Crippen LogP contribution in [0, 0.1) is 5.92 Å². The molecule has 2 aliphatic heterocycles. The molecule has 1 aromatic heterocycles. The quantitative estimate of drug-likeness (QED) is 0.804. The van der Waals surface area contributed by atoms with Gasteiger partial charge in [-0.15, -0.1) is 0 Å². The molecule has 0 spiro atoms. The van der Waals surface area contributed by atoms with Crippen molar-refractivity contribution in [2.45, 2.75) is 50.7 Å². The highest BCUT2D eigenvalue weighted by Crippen LogP contribution is 2.38. The van der Waals surface area contributed by atoms with Crippen molar-refractivity contribution < 1.29 is 9.26 Å². The van der Waals surface area contributed by atoms with Gasteiger partial charge in [-0.2, -0.15) is 0 Å². The first-order valence-corrected chi connectivity index (χ1v) is 10.4. The van der Waals surface area contributed by atoms with Gasteiger partial charge in [-0.05, 0) is 68.8 Å². The van der Waals surface area contributed by atoms with E-state index >= 15 is 0 Å². The first-order valence-electron chi connectivity index (χ1n) is 10.4. The van der Waals surface area contributed by atoms with Crippen molar-refractivity contribution in [3.63, 3.8) is 0 Å². The van der Waals surface area contributed by atoms with E-state index in [4.69, 9.17) is 9.26 Å². The third kappa shape index (κ3) is 3.63. The third-order valence-electron chi connectivity index (χ3n) is 6.54. The topological polar surface area (TPSA) is 41.7 Å². The minimum absolute atomic E-state index is 0.826. The van der Waals surface area contributed by atoms with E-state index in [9.17, 15) is 0 Å². The molecule has 2 unspecified atom stereocenters. The summed E-state index contributed by atoms with van der Waals surface area (Å²) in [6, 6.07) is 11.8. The lowest BCUT2D eigenvalue weighted by molar-refractivity contribution is 0.0130. The van der Waals surface area contributed by atoms with Crippen LogP contribution in [0.15, 0.2) is 34.9 Å². The molecule has 1 aliphatic carbocycles. The number of methoxy groups -OCH3 is 1. The number of benzene rings is 1. The maximum absolute atomic E-state index is 5.65. The van der Waals surface area contributed by atoms with Gasteiger partial charge in [0.25, 0.3) is 0 Å². The average molecular weight is 367 g/mol. The van der Waals surface area contributed by atoms with E-state index in [1.165, 1.54) is 51.7 Å². The van der Waals surface area contributed by atoms with Crippen LogP contribution in [0.4, 0.5) is 0 Å². The molecule has 5 nitrogen and oxygen atoms in total. The Bertz CT molecular complexity index is 768. The van der Waals surface area contributed by atoms with Crippen LogP contribution in [-0.2, 0) is 6.54 Å². The zero-order valence-corrected chi connectivity index (χ0v) is 16.1. The van der Waals surface area contributed by atoms with Crippen LogP contribution in [0.25, 0.3) is 11.3 Å². The molecular weight excluding hydrogens is 338 g/mol. The number of nitrogens with zero attached hydrogens (tertiary/aromatic N) is 3. The van der Waals surface area contributed by atoms with Gasteiger partial charge in [0.15, 0.2) is 5.76 Å². The summed E-state index contributed by atoms with van der Waals surface area (Å²) in [4.78, 5) is 5.40. The van der Waals surface area contributed by atoms with Crippen LogP contribution >= 0.6 is 0 Å². The van der Waals surface area contributed by atoms with Gasteiger partial charge in [-0.3, -0.25) is 9.80 Å². The molecule has 0 amide bonds. The Morgan fingerprint density at radius 1 is 1.11 bits per heavy atom. The summed E-state index contributed by atoms with van der Waals surface area (Å²) in [5.41, 5.74) is 1.97. The summed E-state index contributed by atoms with van der Waals surface area (Å²) in [7, 11) is 1.68. The lowest BCUT2D eigenvalue weighted by Crippen LogP contribution is -2.54. The molecule has 5 rings (SSSR count). The van der Waals surface area contributed by atoms with Crippen molar-refractivity contribution in [2.75, 3.05) is 26.7 Å². The van der Waals surface area contributed by atoms with Gasteiger partial charge >= 0.3 is 0 Å². The monoisotopic (exact) mass is 367 g/mol. The Balaban J connectivity index is 1.22. The normalized spacial score (nSPS) is 26.7. The molecule has 0 bridgehead atoms. The Morgan fingerprint density at radius 3 is 2.74 bits per heavy atom. The highest BCUT2D eigenvalue weighted by atomic mass is 16.5. The molecule has 1 saturated carbocycles. The predicted octanol–water partition coefficient (Wildman–Crippen LogP) is 3.80. The van der Waals surface area contributed by atoms with E-state index in [0.29, 0.717) is 0 Å². The molecule has 144 valence electrons. The number of rotatable bonds is 5. The van der Waals surface area contributed by atoms with Crippen LogP contribution in [0.1, 0.15) is 37.9 Å². The summed E-state index contributed by atoms with van der Waals surface area (Å²) in [6.45, 7) is 4.57. The Hall–Kier alpha value is -1.85. The van der Waals surface area contributed by atoms with E-state index in [1.54, 1.807) is 7.11 Å². The van der Waals surface area contributed by atoms with Gasteiger partial charge in [0.2, 0.25) is 0 Å². The highest BCUT2D eigenvalue weighted by Gasteiger charge is 2.41. The largest absolute Gasteiger partial charge is 0.497 e. The summed E-state index contributed by atoms with van der Waals surface area (Å²) < 4.78 is 10.9. The lowest BCUT2D eigenvalue weighted by atomic mass is 9.83. The van der Waals surface area contributed by atoms with Crippen LogP contribution < -0.4 is 4.74 Å². The summed E-state index contributed by atoms with van der Waals surface area (Å²) in [5, 5.41) is 4.28. The first kappa shape index (κ1) is 17.3. The van der Waals surface area contributed by atoms with E-state index in [0.717, 1.165) is 47.3 Å². The molecule has 5 heteroatoms. The number of hydrogen-bond donors (Lipinski definition) is 0. The summed E-state index contributed by atoms with van der Waals surface area (Å²) in [5.74, 6) is 2.66. The van der Waals surface area contributed by atoms with Crippen molar-refractivity contribution in [1.29, 1.82) is 0 Å². The Kier molecular flexibility index (Phi) is 4.66. The van der Waals surface area contributed by atoms with Crippen molar-refractivity contribution in [1.82, 2.24) is 15.0 Å². The van der Waals surface area contributed by atoms with E-state index in [2.05, 4.69) is 21.0 Å². The van der Waals surface area contributed by atoms with E-state index in [-0.39, 0.29) is 0 Å². The summed E-state index contributed by atoms with van der Waals surface area (Å²) in [6.07, 6.45) is 6.92.